The summed E-state index contributed by atoms with van der Waals surface area (Å²) in [5, 5.41) is 11.4. The smallest absolute Gasteiger partial charge is 0.185 e. The second-order valence-electron chi connectivity index (χ2n) is 6.16. The minimum absolute atomic E-state index is 0.0772. The first kappa shape index (κ1) is 15.3. The van der Waals surface area contributed by atoms with Crippen molar-refractivity contribution in [3.63, 3.8) is 0 Å². The van der Waals surface area contributed by atoms with Gasteiger partial charge in [0, 0.05) is 6.07 Å². The van der Waals surface area contributed by atoms with Crippen LogP contribution >= 0.6 is 0 Å². The molecule has 0 radical (unpaired) electrons. The molecule has 5 nitrogen and oxygen atoms in total. The number of benzene rings is 1. The van der Waals surface area contributed by atoms with Crippen LogP contribution in [0.2, 0.25) is 0 Å². The van der Waals surface area contributed by atoms with Gasteiger partial charge < -0.3 is 5.73 Å². The summed E-state index contributed by atoms with van der Waals surface area (Å²) in [6, 6.07) is 1.96. The molecule has 2 N–H and O–H groups in total. The summed E-state index contributed by atoms with van der Waals surface area (Å²) in [5.41, 5.74) is 5.39. The molecule has 21 heavy (non-hydrogen) atoms. The number of halogens is 2. The zero-order valence-electron chi connectivity index (χ0n) is 12.6. The molecule has 0 atom stereocenters. The fraction of sp³-hybridized carbons (Fsp3) is 0.500. The van der Waals surface area contributed by atoms with Gasteiger partial charge in [0.15, 0.2) is 5.82 Å². The Balaban J connectivity index is 2.44. The van der Waals surface area contributed by atoms with E-state index >= 15 is 0 Å². The van der Waals surface area contributed by atoms with Crippen molar-refractivity contribution in [3.8, 4) is 11.4 Å². The molecule has 2 aromatic rings. The van der Waals surface area contributed by atoms with Gasteiger partial charge in [-0.15, -0.1) is 5.10 Å². The van der Waals surface area contributed by atoms with E-state index in [-0.39, 0.29) is 22.5 Å². The van der Waals surface area contributed by atoms with Crippen LogP contribution in [0.25, 0.3) is 11.4 Å². The summed E-state index contributed by atoms with van der Waals surface area (Å²) in [6.45, 7) is 8.88. The van der Waals surface area contributed by atoms with Crippen LogP contribution in [-0.2, 0) is 6.54 Å². The molecular formula is C14H19F2N5. The fourth-order valence-electron chi connectivity index (χ4n) is 1.81. The van der Waals surface area contributed by atoms with Crippen LogP contribution in [-0.4, -0.2) is 20.2 Å². The number of hydrogen-bond donors (Lipinski definition) is 1. The van der Waals surface area contributed by atoms with Crippen molar-refractivity contribution in [3.05, 3.63) is 23.8 Å². The van der Waals surface area contributed by atoms with Gasteiger partial charge in [-0.25, -0.2) is 13.5 Å². The van der Waals surface area contributed by atoms with Crippen molar-refractivity contribution in [1.29, 1.82) is 0 Å². The second kappa shape index (κ2) is 5.38. The third-order valence-corrected chi connectivity index (χ3v) is 3.98. The third-order valence-electron chi connectivity index (χ3n) is 3.98. The number of hydrogen-bond acceptors (Lipinski definition) is 4. The molecule has 0 saturated carbocycles. The van der Waals surface area contributed by atoms with Crippen molar-refractivity contribution in [2.75, 3.05) is 5.73 Å². The fourth-order valence-corrected chi connectivity index (χ4v) is 1.81. The first-order valence-electron chi connectivity index (χ1n) is 6.73. The first-order valence-corrected chi connectivity index (χ1v) is 6.73. The van der Waals surface area contributed by atoms with Crippen LogP contribution in [0.5, 0.6) is 0 Å². The lowest BCUT2D eigenvalue weighted by atomic mass is 9.81. The summed E-state index contributed by atoms with van der Waals surface area (Å²) < 4.78 is 28.7. The van der Waals surface area contributed by atoms with Crippen molar-refractivity contribution in [2.24, 2.45) is 11.3 Å². The number of nitrogens with two attached hydrogens (primary N) is 1. The summed E-state index contributed by atoms with van der Waals surface area (Å²) in [6.07, 6.45) is 0. The van der Waals surface area contributed by atoms with Crippen molar-refractivity contribution in [1.82, 2.24) is 20.2 Å². The molecule has 1 aromatic heterocycles. The Morgan fingerprint density at radius 2 is 1.90 bits per heavy atom. The molecule has 0 bridgehead atoms. The molecule has 0 aliphatic carbocycles. The number of aromatic nitrogens is 4. The van der Waals surface area contributed by atoms with Crippen LogP contribution in [0.1, 0.15) is 27.7 Å². The Bertz CT molecular complexity index is 649. The first-order chi connectivity index (χ1) is 9.72. The maximum atomic E-state index is 14.0. The number of anilines is 1. The zero-order chi connectivity index (χ0) is 15.8. The van der Waals surface area contributed by atoms with Gasteiger partial charge in [0.05, 0.1) is 17.8 Å². The van der Waals surface area contributed by atoms with Crippen LogP contribution in [0, 0.1) is 23.0 Å². The predicted octanol–water partition coefficient (Wildman–Crippen LogP) is 2.88. The highest BCUT2D eigenvalue weighted by atomic mass is 19.1. The average molecular weight is 295 g/mol. The van der Waals surface area contributed by atoms with E-state index in [1.807, 2.05) is 0 Å². The van der Waals surface area contributed by atoms with E-state index in [1.165, 1.54) is 10.7 Å². The van der Waals surface area contributed by atoms with Gasteiger partial charge in [0.1, 0.15) is 11.6 Å². The van der Waals surface area contributed by atoms with Gasteiger partial charge >= 0.3 is 0 Å². The molecule has 0 unspecified atom stereocenters. The highest BCUT2D eigenvalue weighted by molar-refractivity contribution is 5.62. The molecule has 114 valence electrons. The third kappa shape index (κ3) is 3.01. The zero-order valence-corrected chi connectivity index (χ0v) is 12.6. The molecule has 2 rings (SSSR count). The Kier molecular flexibility index (Phi) is 3.93. The molecule has 0 fully saturated rings. The van der Waals surface area contributed by atoms with Crippen molar-refractivity contribution in [2.45, 2.75) is 34.2 Å². The SMILES string of the molecule is CC(C)C(C)(C)Cn1nnnc1-c1cc(N)c(F)cc1F. The largest absolute Gasteiger partial charge is 0.396 e. The topological polar surface area (TPSA) is 69.6 Å². The van der Waals surface area contributed by atoms with E-state index in [2.05, 4.69) is 43.2 Å². The van der Waals surface area contributed by atoms with Crippen molar-refractivity contribution >= 4 is 5.69 Å². The summed E-state index contributed by atoms with van der Waals surface area (Å²) in [4.78, 5) is 0. The Labute approximate surface area is 122 Å². The Morgan fingerprint density at radius 3 is 2.52 bits per heavy atom. The van der Waals surface area contributed by atoms with Crippen molar-refractivity contribution < 1.29 is 8.78 Å². The Hall–Kier alpha value is -2.05. The lowest BCUT2D eigenvalue weighted by Crippen LogP contribution is -2.26. The average Bonchev–Trinajstić information content (AvgIpc) is 2.81. The summed E-state index contributed by atoms with van der Waals surface area (Å²) in [7, 11) is 0. The summed E-state index contributed by atoms with van der Waals surface area (Å²) in [5.74, 6) is -0.900. The Morgan fingerprint density at radius 1 is 1.24 bits per heavy atom. The maximum absolute atomic E-state index is 14.0. The molecule has 1 heterocycles. The van der Waals surface area contributed by atoms with Gasteiger partial charge in [-0.05, 0) is 27.8 Å². The number of nitrogen functional groups attached to an aromatic ring is 1. The van der Waals surface area contributed by atoms with E-state index in [0.717, 1.165) is 6.07 Å². The van der Waals surface area contributed by atoms with Gasteiger partial charge in [-0.3, -0.25) is 0 Å². The summed E-state index contributed by atoms with van der Waals surface area (Å²) >= 11 is 0. The molecule has 7 heteroatoms. The van der Waals surface area contributed by atoms with Gasteiger partial charge in [-0.2, -0.15) is 0 Å². The molecular weight excluding hydrogens is 276 g/mol. The normalized spacial score (nSPS) is 12.1. The van der Waals surface area contributed by atoms with E-state index in [9.17, 15) is 8.78 Å². The van der Waals surface area contributed by atoms with E-state index in [1.54, 1.807) is 0 Å². The lowest BCUT2D eigenvalue weighted by Gasteiger charge is -2.29. The highest BCUT2D eigenvalue weighted by Crippen LogP contribution is 2.30. The minimum Gasteiger partial charge on any atom is -0.396 e. The van der Waals surface area contributed by atoms with Gasteiger partial charge in [0.2, 0.25) is 0 Å². The monoisotopic (exact) mass is 295 g/mol. The molecule has 1 aromatic carbocycles. The number of nitrogens with zero attached hydrogens (tertiary/aromatic N) is 4. The van der Waals surface area contributed by atoms with Crippen LogP contribution in [0.15, 0.2) is 12.1 Å². The molecule has 0 aliphatic rings. The number of rotatable bonds is 4. The molecule has 0 aliphatic heterocycles. The van der Waals surface area contributed by atoms with Crippen LogP contribution in [0.3, 0.4) is 0 Å². The number of tetrazole rings is 1. The minimum atomic E-state index is -0.794. The van der Waals surface area contributed by atoms with Gasteiger partial charge in [-0.1, -0.05) is 27.7 Å². The quantitative estimate of drug-likeness (QED) is 0.881. The van der Waals surface area contributed by atoms with Crippen LogP contribution in [0.4, 0.5) is 14.5 Å². The van der Waals surface area contributed by atoms with E-state index in [0.29, 0.717) is 12.5 Å². The predicted molar refractivity (Wildman–Crippen MR) is 76.2 cm³/mol. The molecule has 0 amide bonds. The van der Waals surface area contributed by atoms with Gasteiger partial charge in [0.25, 0.3) is 0 Å². The van der Waals surface area contributed by atoms with Crippen LogP contribution < -0.4 is 5.73 Å². The van der Waals surface area contributed by atoms with E-state index in [4.69, 9.17) is 5.73 Å². The lowest BCUT2D eigenvalue weighted by molar-refractivity contribution is 0.200. The standard InChI is InChI=1S/C14H19F2N5/c1-8(2)14(3,4)7-21-13(18-19-20-21)9-5-12(17)11(16)6-10(9)15/h5-6,8H,7,17H2,1-4H3. The highest BCUT2D eigenvalue weighted by Gasteiger charge is 2.26. The second-order valence-corrected chi connectivity index (χ2v) is 6.16. The molecule has 0 saturated heterocycles. The maximum Gasteiger partial charge on any atom is 0.185 e. The molecule has 0 spiro atoms. The van der Waals surface area contributed by atoms with E-state index < -0.39 is 11.6 Å².